The Morgan fingerprint density at radius 3 is 2.80 bits per heavy atom. The van der Waals surface area contributed by atoms with Crippen LogP contribution < -0.4 is 16.8 Å². The molecule has 0 aliphatic carbocycles. The van der Waals surface area contributed by atoms with Crippen LogP contribution in [0, 0.1) is 11.3 Å². The summed E-state index contributed by atoms with van der Waals surface area (Å²) in [5.41, 5.74) is 12.1. The molecule has 0 saturated carbocycles. The first kappa shape index (κ1) is 10.9. The number of nitrogens with two attached hydrogens (primary N) is 2. The van der Waals surface area contributed by atoms with E-state index in [0.717, 1.165) is 0 Å². The molecule has 1 aromatic carbocycles. The van der Waals surface area contributed by atoms with E-state index in [1.807, 2.05) is 6.07 Å². The number of nitrogens with one attached hydrogen (secondary N) is 1. The molecule has 15 heavy (non-hydrogen) atoms. The Balaban J connectivity index is 2.89. The Labute approximate surface area is 87.7 Å². The van der Waals surface area contributed by atoms with Gasteiger partial charge in [-0.2, -0.15) is 5.26 Å². The molecule has 1 amide bonds. The molecule has 5 nitrogen and oxygen atoms in total. The monoisotopic (exact) mass is 204 g/mol. The molecule has 0 heterocycles. The van der Waals surface area contributed by atoms with E-state index in [0.29, 0.717) is 16.9 Å². The van der Waals surface area contributed by atoms with Crippen LogP contribution in [-0.4, -0.2) is 11.9 Å². The van der Waals surface area contributed by atoms with Gasteiger partial charge in [0.1, 0.15) is 12.1 Å². The van der Waals surface area contributed by atoms with E-state index in [-0.39, 0.29) is 0 Å². The molecule has 1 rings (SSSR count). The number of benzene rings is 1. The average Bonchev–Trinajstić information content (AvgIpc) is 2.20. The second-order valence-corrected chi connectivity index (χ2v) is 3.18. The standard InChI is InChI=1S/C10H12N4O/c1-6(10(13)15)14-8-2-3-9(12)7(4-8)5-11/h2-4,6,14H,12H2,1H3,(H2,13,15). The van der Waals surface area contributed by atoms with Gasteiger partial charge < -0.3 is 16.8 Å². The van der Waals surface area contributed by atoms with E-state index in [2.05, 4.69) is 5.32 Å². The lowest BCUT2D eigenvalue weighted by molar-refractivity contribution is -0.118. The van der Waals surface area contributed by atoms with Crippen molar-refractivity contribution in [3.8, 4) is 6.07 Å². The van der Waals surface area contributed by atoms with Gasteiger partial charge in [-0.25, -0.2) is 0 Å². The van der Waals surface area contributed by atoms with E-state index in [4.69, 9.17) is 16.7 Å². The van der Waals surface area contributed by atoms with Gasteiger partial charge in [-0.15, -0.1) is 0 Å². The second-order valence-electron chi connectivity index (χ2n) is 3.18. The zero-order valence-corrected chi connectivity index (χ0v) is 8.32. The van der Waals surface area contributed by atoms with Crippen molar-refractivity contribution in [3.63, 3.8) is 0 Å². The van der Waals surface area contributed by atoms with Crippen LogP contribution in [-0.2, 0) is 4.79 Å². The molecule has 0 aromatic heterocycles. The molecule has 5 N–H and O–H groups in total. The van der Waals surface area contributed by atoms with Crippen LogP contribution in [0.3, 0.4) is 0 Å². The largest absolute Gasteiger partial charge is 0.398 e. The Bertz CT molecular complexity index is 422. The molecule has 0 aliphatic heterocycles. The predicted molar refractivity (Wildman–Crippen MR) is 57.8 cm³/mol. The fraction of sp³-hybridized carbons (Fsp3) is 0.200. The summed E-state index contributed by atoms with van der Waals surface area (Å²) in [6.45, 7) is 1.64. The van der Waals surface area contributed by atoms with Crippen LogP contribution in [0.4, 0.5) is 11.4 Å². The van der Waals surface area contributed by atoms with Gasteiger partial charge >= 0.3 is 0 Å². The first-order chi connectivity index (χ1) is 7.04. The van der Waals surface area contributed by atoms with Gasteiger partial charge in [0, 0.05) is 11.4 Å². The maximum absolute atomic E-state index is 10.8. The third-order valence-electron chi connectivity index (χ3n) is 1.98. The maximum Gasteiger partial charge on any atom is 0.239 e. The number of hydrogen-bond acceptors (Lipinski definition) is 4. The second kappa shape index (κ2) is 4.33. The molecule has 0 aliphatic rings. The number of carbonyl (C=O) groups excluding carboxylic acids is 1. The van der Waals surface area contributed by atoms with Crippen molar-refractivity contribution in [2.24, 2.45) is 5.73 Å². The summed E-state index contributed by atoms with van der Waals surface area (Å²) in [7, 11) is 0. The number of rotatable bonds is 3. The summed E-state index contributed by atoms with van der Waals surface area (Å²) < 4.78 is 0. The number of hydrogen-bond donors (Lipinski definition) is 3. The van der Waals surface area contributed by atoms with Crippen LogP contribution in [0.15, 0.2) is 18.2 Å². The summed E-state index contributed by atoms with van der Waals surface area (Å²) in [6, 6.07) is 6.34. The number of primary amides is 1. The highest BCUT2D eigenvalue weighted by molar-refractivity contribution is 5.82. The van der Waals surface area contributed by atoms with E-state index in [1.54, 1.807) is 25.1 Å². The quantitative estimate of drug-likeness (QED) is 0.620. The molecule has 1 aromatic rings. The number of nitrogens with zero attached hydrogens (tertiary/aromatic N) is 1. The smallest absolute Gasteiger partial charge is 0.239 e. The SMILES string of the molecule is CC(Nc1ccc(N)c(C#N)c1)C(N)=O. The van der Waals surface area contributed by atoms with Crippen molar-refractivity contribution < 1.29 is 4.79 Å². The molecule has 78 valence electrons. The maximum atomic E-state index is 10.8. The molecule has 1 atom stereocenters. The molecular weight excluding hydrogens is 192 g/mol. The van der Waals surface area contributed by atoms with Gasteiger partial charge in [0.25, 0.3) is 0 Å². The Kier molecular flexibility index (Phi) is 3.13. The normalized spacial score (nSPS) is 11.5. The molecule has 0 spiro atoms. The number of anilines is 2. The molecular formula is C10H12N4O. The minimum atomic E-state index is -0.486. The van der Waals surface area contributed by atoms with Crippen LogP contribution in [0.5, 0.6) is 0 Å². The van der Waals surface area contributed by atoms with Crippen LogP contribution >= 0.6 is 0 Å². The average molecular weight is 204 g/mol. The van der Waals surface area contributed by atoms with Crippen LogP contribution in [0.2, 0.25) is 0 Å². The number of nitriles is 1. The van der Waals surface area contributed by atoms with Gasteiger partial charge in [-0.05, 0) is 25.1 Å². The lowest BCUT2D eigenvalue weighted by atomic mass is 10.1. The first-order valence-corrected chi connectivity index (χ1v) is 4.40. The van der Waals surface area contributed by atoms with Crippen molar-refractivity contribution in [3.05, 3.63) is 23.8 Å². The highest BCUT2D eigenvalue weighted by Crippen LogP contribution is 2.17. The number of carbonyl (C=O) groups is 1. The van der Waals surface area contributed by atoms with Gasteiger partial charge in [0.15, 0.2) is 0 Å². The minimum absolute atomic E-state index is 0.372. The number of amides is 1. The molecule has 0 saturated heterocycles. The summed E-state index contributed by atoms with van der Waals surface area (Å²) in [6.07, 6.45) is 0. The zero-order chi connectivity index (χ0) is 11.4. The fourth-order valence-corrected chi connectivity index (χ4v) is 1.06. The highest BCUT2D eigenvalue weighted by Gasteiger charge is 2.08. The molecule has 0 bridgehead atoms. The van der Waals surface area contributed by atoms with Gasteiger partial charge in [0.2, 0.25) is 5.91 Å². The molecule has 0 radical (unpaired) electrons. The first-order valence-electron chi connectivity index (χ1n) is 4.40. The van der Waals surface area contributed by atoms with Crippen molar-refractivity contribution >= 4 is 17.3 Å². The summed E-state index contributed by atoms with van der Waals surface area (Å²) >= 11 is 0. The lowest BCUT2D eigenvalue weighted by Gasteiger charge is -2.12. The van der Waals surface area contributed by atoms with E-state index in [1.165, 1.54) is 0 Å². The van der Waals surface area contributed by atoms with Crippen molar-refractivity contribution in [1.29, 1.82) is 5.26 Å². The summed E-state index contributed by atoms with van der Waals surface area (Å²) in [5.74, 6) is -0.453. The number of nitrogen functional groups attached to an aromatic ring is 1. The third-order valence-corrected chi connectivity index (χ3v) is 1.98. The summed E-state index contributed by atoms with van der Waals surface area (Å²) in [5, 5.41) is 11.6. The molecule has 5 heteroatoms. The van der Waals surface area contributed by atoms with Crippen molar-refractivity contribution in [2.45, 2.75) is 13.0 Å². The zero-order valence-electron chi connectivity index (χ0n) is 8.32. The van der Waals surface area contributed by atoms with Crippen LogP contribution in [0.1, 0.15) is 12.5 Å². The molecule has 1 unspecified atom stereocenters. The molecule has 0 fully saturated rings. The van der Waals surface area contributed by atoms with Crippen LogP contribution in [0.25, 0.3) is 0 Å². The van der Waals surface area contributed by atoms with Gasteiger partial charge in [0.05, 0.1) is 5.56 Å². The van der Waals surface area contributed by atoms with Gasteiger partial charge in [-0.3, -0.25) is 4.79 Å². The van der Waals surface area contributed by atoms with Gasteiger partial charge in [-0.1, -0.05) is 0 Å². The summed E-state index contributed by atoms with van der Waals surface area (Å²) in [4.78, 5) is 10.8. The lowest BCUT2D eigenvalue weighted by Crippen LogP contribution is -2.32. The highest BCUT2D eigenvalue weighted by atomic mass is 16.1. The Hall–Kier alpha value is -2.22. The van der Waals surface area contributed by atoms with E-state index >= 15 is 0 Å². The van der Waals surface area contributed by atoms with Crippen molar-refractivity contribution in [1.82, 2.24) is 0 Å². The van der Waals surface area contributed by atoms with Crippen molar-refractivity contribution in [2.75, 3.05) is 11.1 Å². The Morgan fingerprint density at radius 2 is 2.27 bits per heavy atom. The predicted octanol–water partition coefficient (Wildman–Crippen LogP) is 0.426. The van der Waals surface area contributed by atoms with E-state index in [9.17, 15) is 4.79 Å². The van der Waals surface area contributed by atoms with E-state index < -0.39 is 11.9 Å². The fourth-order valence-electron chi connectivity index (χ4n) is 1.06. The Morgan fingerprint density at radius 1 is 1.60 bits per heavy atom. The third kappa shape index (κ3) is 2.61. The topological polar surface area (TPSA) is 105 Å². The minimum Gasteiger partial charge on any atom is -0.398 e.